The molecule has 4 unspecified atom stereocenters. The van der Waals surface area contributed by atoms with Gasteiger partial charge < -0.3 is 10.0 Å². The molecule has 112 valence electrons. The number of carbonyl (C=O) groups excluding carboxylic acids is 1. The van der Waals surface area contributed by atoms with Crippen LogP contribution in [-0.2, 0) is 9.59 Å². The summed E-state index contributed by atoms with van der Waals surface area (Å²) in [6.07, 6.45) is 6.26. The summed E-state index contributed by atoms with van der Waals surface area (Å²) in [5.41, 5.74) is 0.0256. The molecule has 0 aromatic heterocycles. The Kier molecular flexibility index (Phi) is 3.30. The number of likely N-dealkylation sites (tertiary alicyclic amines) is 1. The van der Waals surface area contributed by atoms with E-state index < -0.39 is 12.0 Å². The largest absolute Gasteiger partial charge is 0.480 e. The second-order valence-corrected chi connectivity index (χ2v) is 7.56. The van der Waals surface area contributed by atoms with Crippen molar-refractivity contribution in [1.29, 1.82) is 0 Å². The molecule has 0 aromatic rings. The average molecular weight is 279 g/mol. The van der Waals surface area contributed by atoms with Gasteiger partial charge in [-0.15, -0.1) is 0 Å². The molecule has 0 spiro atoms. The van der Waals surface area contributed by atoms with Crippen LogP contribution in [0.1, 0.15) is 52.4 Å². The number of fused-ring (bicyclic) bond motifs is 1. The smallest absolute Gasteiger partial charge is 0.326 e. The first kappa shape index (κ1) is 13.9. The molecular weight excluding hydrogens is 254 g/mol. The van der Waals surface area contributed by atoms with Gasteiger partial charge in [-0.2, -0.15) is 0 Å². The van der Waals surface area contributed by atoms with E-state index in [-0.39, 0.29) is 23.2 Å². The Balaban J connectivity index is 1.82. The third-order valence-corrected chi connectivity index (χ3v) is 5.98. The van der Waals surface area contributed by atoms with Gasteiger partial charge >= 0.3 is 5.97 Å². The minimum absolute atomic E-state index is 0.0168. The van der Waals surface area contributed by atoms with Crippen molar-refractivity contribution >= 4 is 11.9 Å². The van der Waals surface area contributed by atoms with Gasteiger partial charge in [0.15, 0.2) is 0 Å². The molecule has 2 saturated carbocycles. The molecule has 1 aliphatic heterocycles. The number of carboxylic acid groups (broad SMARTS) is 1. The minimum Gasteiger partial charge on any atom is -0.480 e. The molecule has 3 rings (SSSR count). The second-order valence-electron chi connectivity index (χ2n) is 7.56. The summed E-state index contributed by atoms with van der Waals surface area (Å²) in [7, 11) is 0. The first-order valence-corrected chi connectivity index (χ1v) is 7.95. The molecule has 3 aliphatic rings. The maximum atomic E-state index is 12.9. The van der Waals surface area contributed by atoms with Crippen molar-refractivity contribution in [3.8, 4) is 0 Å². The average Bonchev–Trinajstić information content (AvgIpc) is 2.99. The van der Waals surface area contributed by atoms with Crippen LogP contribution in [0.2, 0.25) is 0 Å². The van der Waals surface area contributed by atoms with Crippen LogP contribution in [0.15, 0.2) is 0 Å². The van der Waals surface area contributed by atoms with Crippen LogP contribution in [-0.4, -0.2) is 34.5 Å². The highest BCUT2D eigenvalue weighted by Gasteiger charge is 2.52. The Hall–Kier alpha value is -1.06. The number of rotatable bonds is 2. The standard InChI is InChI=1S/C16H25NO3/c1-16(2)8-4-7-12(16)14(18)17-9-10-5-3-6-11(10)13(17)15(19)20/h10-13H,3-9H2,1-2H3,(H,19,20). The van der Waals surface area contributed by atoms with Gasteiger partial charge in [0.1, 0.15) is 6.04 Å². The van der Waals surface area contributed by atoms with Crippen molar-refractivity contribution in [2.75, 3.05) is 6.54 Å². The number of hydrogen-bond acceptors (Lipinski definition) is 2. The number of hydrogen-bond donors (Lipinski definition) is 1. The van der Waals surface area contributed by atoms with E-state index in [1.54, 1.807) is 4.90 Å². The molecule has 1 heterocycles. The van der Waals surface area contributed by atoms with Crippen molar-refractivity contribution in [2.24, 2.45) is 23.2 Å². The van der Waals surface area contributed by atoms with Gasteiger partial charge in [-0.3, -0.25) is 4.79 Å². The molecule has 0 radical (unpaired) electrons. The Morgan fingerprint density at radius 1 is 1.15 bits per heavy atom. The lowest BCUT2D eigenvalue weighted by Gasteiger charge is -2.32. The Bertz CT molecular complexity index is 431. The van der Waals surface area contributed by atoms with Crippen LogP contribution >= 0.6 is 0 Å². The highest BCUT2D eigenvalue weighted by molar-refractivity contribution is 5.86. The molecule has 1 saturated heterocycles. The second kappa shape index (κ2) is 4.74. The van der Waals surface area contributed by atoms with Gasteiger partial charge in [0.25, 0.3) is 0 Å². The summed E-state index contributed by atoms with van der Waals surface area (Å²) in [6.45, 7) is 4.97. The van der Waals surface area contributed by atoms with Crippen molar-refractivity contribution in [1.82, 2.24) is 4.90 Å². The summed E-state index contributed by atoms with van der Waals surface area (Å²) < 4.78 is 0. The third-order valence-electron chi connectivity index (χ3n) is 5.98. The number of amides is 1. The van der Waals surface area contributed by atoms with E-state index in [4.69, 9.17) is 0 Å². The summed E-state index contributed by atoms with van der Waals surface area (Å²) >= 11 is 0. The van der Waals surface area contributed by atoms with Crippen LogP contribution in [0.25, 0.3) is 0 Å². The van der Waals surface area contributed by atoms with Crippen molar-refractivity contribution in [2.45, 2.75) is 58.4 Å². The molecule has 3 fully saturated rings. The zero-order valence-corrected chi connectivity index (χ0v) is 12.5. The fraction of sp³-hybridized carbons (Fsp3) is 0.875. The predicted molar refractivity (Wildman–Crippen MR) is 75.1 cm³/mol. The van der Waals surface area contributed by atoms with Gasteiger partial charge in [0.2, 0.25) is 5.91 Å². The van der Waals surface area contributed by atoms with E-state index in [0.717, 1.165) is 38.5 Å². The molecule has 0 bridgehead atoms. The van der Waals surface area contributed by atoms with Crippen molar-refractivity contribution in [3.63, 3.8) is 0 Å². The number of carboxylic acids is 1. The Morgan fingerprint density at radius 2 is 1.90 bits per heavy atom. The van der Waals surface area contributed by atoms with Gasteiger partial charge in [-0.25, -0.2) is 4.79 Å². The van der Waals surface area contributed by atoms with Crippen LogP contribution in [0.4, 0.5) is 0 Å². The van der Waals surface area contributed by atoms with E-state index in [1.807, 2.05) is 0 Å². The van der Waals surface area contributed by atoms with Crippen molar-refractivity contribution in [3.05, 3.63) is 0 Å². The predicted octanol–water partition coefficient (Wildman–Crippen LogP) is 2.52. The summed E-state index contributed by atoms with van der Waals surface area (Å²) in [6, 6.07) is -0.564. The van der Waals surface area contributed by atoms with Gasteiger partial charge in [0.05, 0.1) is 0 Å². The van der Waals surface area contributed by atoms with E-state index in [2.05, 4.69) is 13.8 Å². The van der Waals surface area contributed by atoms with E-state index >= 15 is 0 Å². The van der Waals surface area contributed by atoms with Gasteiger partial charge in [-0.05, 0) is 42.9 Å². The molecule has 4 nitrogen and oxygen atoms in total. The van der Waals surface area contributed by atoms with E-state index in [1.165, 1.54) is 0 Å². The number of carbonyl (C=O) groups is 2. The lowest BCUT2D eigenvalue weighted by atomic mass is 9.81. The molecule has 0 aromatic carbocycles. The molecule has 20 heavy (non-hydrogen) atoms. The molecule has 2 aliphatic carbocycles. The fourth-order valence-electron chi connectivity index (χ4n) is 4.83. The zero-order valence-electron chi connectivity index (χ0n) is 12.5. The molecule has 4 atom stereocenters. The monoisotopic (exact) mass is 279 g/mol. The minimum atomic E-state index is -0.802. The third kappa shape index (κ3) is 2.04. The van der Waals surface area contributed by atoms with Crippen LogP contribution in [0.3, 0.4) is 0 Å². The Morgan fingerprint density at radius 3 is 2.50 bits per heavy atom. The van der Waals surface area contributed by atoms with Crippen molar-refractivity contribution < 1.29 is 14.7 Å². The first-order valence-electron chi connectivity index (χ1n) is 7.95. The molecule has 1 N–H and O–H groups in total. The maximum absolute atomic E-state index is 12.9. The highest BCUT2D eigenvalue weighted by atomic mass is 16.4. The lowest BCUT2D eigenvalue weighted by Crippen LogP contribution is -2.47. The molecule has 1 amide bonds. The van der Waals surface area contributed by atoms with Crippen LogP contribution < -0.4 is 0 Å². The van der Waals surface area contributed by atoms with Crippen LogP contribution in [0, 0.1) is 23.2 Å². The van der Waals surface area contributed by atoms with E-state index in [0.29, 0.717) is 12.5 Å². The summed E-state index contributed by atoms with van der Waals surface area (Å²) in [5.74, 6) is -0.0634. The van der Waals surface area contributed by atoms with Crippen LogP contribution in [0.5, 0.6) is 0 Å². The topological polar surface area (TPSA) is 57.6 Å². The SMILES string of the molecule is CC1(C)CCCC1C(=O)N1CC2CCCC2C1C(=O)O. The maximum Gasteiger partial charge on any atom is 0.326 e. The summed E-state index contributed by atoms with van der Waals surface area (Å²) in [4.78, 5) is 26.2. The normalized spacial score (nSPS) is 39.0. The number of aliphatic carboxylic acids is 1. The first-order chi connectivity index (χ1) is 9.42. The molecule has 4 heteroatoms. The highest BCUT2D eigenvalue weighted by Crippen LogP contribution is 2.47. The van der Waals surface area contributed by atoms with Gasteiger partial charge in [-0.1, -0.05) is 26.7 Å². The summed E-state index contributed by atoms with van der Waals surface area (Å²) in [5, 5.41) is 9.56. The zero-order chi connectivity index (χ0) is 14.5. The molecular formula is C16H25NO3. The lowest BCUT2D eigenvalue weighted by molar-refractivity contribution is -0.152. The fourth-order valence-corrected chi connectivity index (χ4v) is 4.83. The van der Waals surface area contributed by atoms with Gasteiger partial charge in [0, 0.05) is 12.5 Å². The van der Waals surface area contributed by atoms with E-state index in [9.17, 15) is 14.7 Å². The number of nitrogens with zero attached hydrogens (tertiary/aromatic N) is 1. The Labute approximate surface area is 120 Å². The quantitative estimate of drug-likeness (QED) is 0.845.